The van der Waals surface area contributed by atoms with Crippen molar-refractivity contribution in [2.24, 2.45) is 0 Å². The highest BCUT2D eigenvalue weighted by Crippen LogP contribution is 2.34. The van der Waals surface area contributed by atoms with Gasteiger partial charge in [0.1, 0.15) is 17.6 Å². The van der Waals surface area contributed by atoms with Gasteiger partial charge >= 0.3 is 5.97 Å². The molecule has 3 aromatic carbocycles. The number of carbonyl (C=O) groups is 2. The van der Waals surface area contributed by atoms with Crippen molar-refractivity contribution in [1.29, 1.82) is 0 Å². The summed E-state index contributed by atoms with van der Waals surface area (Å²) in [4.78, 5) is 31.1. The number of fused-ring (bicyclic) bond motifs is 1. The number of hydrogen-bond acceptors (Lipinski definition) is 4. The van der Waals surface area contributed by atoms with Gasteiger partial charge in [0, 0.05) is 46.2 Å². The van der Waals surface area contributed by atoms with Gasteiger partial charge in [0.2, 0.25) is 0 Å². The highest BCUT2D eigenvalue weighted by molar-refractivity contribution is 6.31. The zero-order chi connectivity index (χ0) is 25.2. The summed E-state index contributed by atoms with van der Waals surface area (Å²) in [6, 6.07) is 20.7. The number of carbonyl (C=O) groups excluding carboxylic acids is 2. The summed E-state index contributed by atoms with van der Waals surface area (Å²) in [5, 5.41) is 4.50. The van der Waals surface area contributed by atoms with Crippen molar-refractivity contribution in [3.63, 3.8) is 0 Å². The van der Waals surface area contributed by atoms with Crippen molar-refractivity contribution in [1.82, 2.24) is 15.2 Å². The van der Waals surface area contributed by atoms with E-state index in [1.807, 2.05) is 47.4 Å². The molecule has 1 aliphatic rings. The number of rotatable bonds is 6. The van der Waals surface area contributed by atoms with Gasteiger partial charge in [0.25, 0.3) is 5.91 Å². The summed E-state index contributed by atoms with van der Waals surface area (Å²) < 4.78 is 19.3. The largest absolute Gasteiger partial charge is 0.468 e. The van der Waals surface area contributed by atoms with Crippen LogP contribution in [0.25, 0.3) is 22.0 Å². The predicted octanol–water partition coefficient (Wildman–Crippen LogP) is 5.17. The monoisotopic (exact) mass is 505 g/mol. The van der Waals surface area contributed by atoms with E-state index in [2.05, 4.69) is 10.3 Å². The molecule has 1 aromatic heterocycles. The van der Waals surface area contributed by atoms with Gasteiger partial charge in [-0.1, -0.05) is 60.1 Å². The van der Waals surface area contributed by atoms with E-state index in [4.69, 9.17) is 16.3 Å². The van der Waals surface area contributed by atoms with E-state index in [9.17, 15) is 14.0 Å². The number of likely N-dealkylation sites (tertiary alicyclic amines) is 1. The summed E-state index contributed by atoms with van der Waals surface area (Å²) in [7, 11) is 1.33. The molecule has 0 saturated carbocycles. The minimum Gasteiger partial charge on any atom is -0.468 e. The van der Waals surface area contributed by atoms with Crippen LogP contribution in [0.5, 0.6) is 0 Å². The lowest BCUT2D eigenvalue weighted by Crippen LogP contribution is -2.38. The Morgan fingerprint density at radius 2 is 1.86 bits per heavy atom. The van der Waals surface area contributed by atoms with Crippen LogP contribution in [0.4, 0.5) is 4.39 Å². The van der Waals surface area contributed by atoms with E-state index in [0.717, 1.165) is 22.0 Å². The standard InChI is InChI=1S/C28H25ClFN3O3/c1-36-28(35)24-14-20(16-33(24)15-18-9-5-6-10-22(18)30)31-27(34)26-25(17-7-3-2-4-8-17)21-13-19(29)11-12-23(21)32-26/h2-13,20,24,32H,14-16H2,1H3,(H,31,34)/t20-,24-/m0/s1. The lowest BCUT2D eigenvalue weighted by atomic mass is 10.0. The first-order chi connectivity index (χ1) is 17.4. The molecule has 0 unspecified atom stereocenters. The van der Waals surface area contributed by atoms with Gasteiger partial charge in [-0.15, -0.1) is 0 Å². The normalized spacial score (nSPS) is 17.9. The highest BCUT2D eigenvalue weighted by Gasteiger charge is 2.39. The smallest absolute Gasteiger partial charge is 0.323 e. The highest BCUT2D eigenvalue weighted by atomic mass is 35.5. The van der Waals surface area contributed by atoms with Gasteiger partial charge in [0.05, 0.1) is 7.11 Å². The zero-order valence-electron chi connectivity index (χ0n) is 19.6. The molecule has 2 N–H and O–H groups in total. The first kappa shape index (κ1) is 24.0. The number of methoxy groups -OCH3 is 1. The third-order valence-electron chi connectivity index (χ3n) is 6.59. The third-order valence-corrected chi connectivity index (χ3v) is 6.83. The second-order valence-corrected chi connectivity index (χ2v) is 9.33. The maximum atomic E-state index is 14.3. The van der Waals surface area contributed by atoms with E-state index in [0.29, 0.717) is 29.2 Å². The number of halogens is 2. The second-order valence-electron chi connectivity index (χ2n) is 8.90. The van der Waals surface area contributed by atoms with Crippen LogP contribution in [0.1, 0.15) is 22.5 Å². The van der Waals surface area contributed by atoms with Crippen LogP contribution in [0.15, 0.2) is 72.8 Å². The van der Waals surface area contributed by atoms with E-state index in [-0.39, 0.29) is 24.3 Å². The van der Waals surface area contributed by atoms with Crippen molar-refractivity contribution in [3.8, 4) is 11.1 Å². The molecule has 6 nitrogen and oxygen atoms in total. The molecule has 5 rings (SSSR count). The Bertz CT molecular complexity index is 1420. The molecular formula is C28H25ClFN3O3. The number of amides is 1. The van der Waals surface area contributed by atoms with Gasteiger partial charge in [-0.3, -0.25) is 14.5 Å². The van der Waals surface area contributed by atoms with E-state index >= 15 is 0 Å². The lowest BCUT2D eigenvalue weighted by molar-refractivity contribution is -0.146. The number of aromatic nitrogens is 1. The van der Waals surface area contributed by atoms with Gasteiger partial charge in [-0.2, -0.15) is 0 Å². The maximum absolute atomic E-state index is 14.3. The van der Waals surface area contributed by atoms with Gasteiger partial charge in [0.15, 0.2) is 0 Å². The maximum Gasteiger partial charge on any atom is 0.323 e. The molecule has 8 heteroatoms. The van der Waals surface area contributed by atoms with Gasteiger partial charge in [-0.05, 0) is 36.2 Å². The second kappa shape index (κ2) is 10.1. The number of nitrogens with zero attached hydrogens (tertiary/aromatic N) is 1. The number of nitrogens with one attached hydrogen (secondary N) is 2. The van der Waals surface area contributed by atoms with Gasteiger partial charge < -0.3 is 15.0 Å². The predicted molar refractivity (Wildman–Crippen MR) is 137 cm³/mol. The Hall–Kier alpha value is -3.68. The molecular weight excluding hydrogens is 481 g/mol. The van der Waals surface area contributed by atoms with Crippen molar-refractivity contribution in [2.45, 2.75) is 25.0 Å². The number of ether oxygens (including phenoxy) is 1. The molecule has 2 atom stereocenters. The minimum atomic E-state index is -0.588. The molecule has 1 aliphatic heterocycles. The fourth-order valence-corrected chi connectivity index (χ4v) is 5.08. The summed E-state index contributed by atoms with van der Waals surface area (Å²) in [5.41, 5.74) is 3.34. The van der Waals surface area contributed by atoms with Crippen LogP contribution in [-0.2, 0) is 16.1 Å². The van der Waals surface area contributed by atoms with Crippen LogP contribution < -0.4 is 5.32 Å². The quantitative estimate of drug-likeness (QED) is 0.354. The molecule has 1 fully saturated rings. The van der Waals surface area contributed by atoms with E-state index < -0.39 is 12.0 Å². The van der Waals surface area contributed by atoms with Crippen molar-refractivity contribution in [2.75, 3.05) is 13.7 Å². The summed E-state index contributed by atoms with van der Waals surface area (Å²) >= 11 is 6.27. The summed E-state index contributed by atoms with van der Waals surface area (Å²) in [6.07, 6.45) is 0.361. The number of hydrogen-bond donors (Lipinski definition) is 2. The number of benzene rings is 3. The molecule has 0 aliphatic carbocycles. The number of H-pyrrole nitrogens is 1. The zero-order valence-corrected chi connectivity index (χ0v) is 20.4. The molecule has 0 spiro atoms. The molecule has 184 valence electrons. The van der Waals surface area contributed by atoms with Crippen molar-refractivity contribution in [3.05, 3.63) is 94.9 Å². The van der Waals surface area contributed by atoms with Crippen LogP contribution in [0.3, 0.4) is 0 Å². The van der Waals surface area contributed by atoms with Crippen LogP contribution in [0, 0.1) is 5.82 Å². The summed E-state index contributed by atoms with van der Waals surface area (Å²) in [5.74, 6) is -1.03. The Morgan fingerprint density at radius 3 is 2.61 bits per heavy atom. The Balaban J connectivity index is 1.43. The number of esters is 1. The van der Waals surface area contributed by atoms with Crippen LogP contribution in [0.2, 0.25) is 5.02 Å². The Labute approximate surface area is 213 Å². The topological polar surface area (TPSA) is 74.4 Å². The molecule has 36 heavy (non-hydrogen) atoms. The van der Waals surface area contributed by atoms with Crippen LogP contribution in [-0.4, -0.2) is 47.5 Å². The van der Waals surface area contributed by atoms with Crippen molar-refractivity contribution < 1.29 is 18.7 Å². The molecule has 1 amide bonds. The Morgan fingerprint density at radius 1 is 1.11 bits per heavy atom. The molecule has 0 radical (unpaired) electrons. The van der Waals surface area contributed by atoms with Crippen LogP contribution >= 0.6 is 11.6 Å². The first-order valence-electron chi connectivity index (χ1n) is 11.7. The average molecular weight is 506 g/mol. The average Bonchev–Trinajstić information content (AvgIpc) is 3.46. The number of aromatic amines is 1. The molecule has 4 aromatic rings. The molecule has 0 bridgehead atoms. The SMILES string of the molecule is COC(=O)[C@@H]1C[C@H](NC(=O)c2[nH]c3ccc(Cl)cc3c2-c2ccccc2)CN1Cc1ccccc1F. The molecule has 1 saturated heterocycles. The fourth-order valence-electron chi connectivity index (χ4n) is 4.91. The summed E-state index contributed by atoms with van der Waals surface area (Å²) in [6.45, 7) is 0.617. The minimum absolute atomic E-state index is 0.235. The first-order valence-corrected chi connectivity index (χ1v) is 12.0. The van der Waals surface area contributed by atoms with E-state index in [1.54, 1.807) is 24.3 Å². The lowest BCUT2D eigenvalue weighted by Gasteiger charge is -2.22. The third kappa shape index (κ3) is 4.72. The van der Waals surface area contributed by atoms with Gasteiger partial charge in [-0.25, -0.2) is 4.39 Å². The van der Waals surface area contributed by atoms with E-state index in [1.165, 1.54) is 13.2 Å². The Kier molecular flexibility index (Phi) is 6.76. The fraction of sp³-hybridized carbons (Fsp3) is 0.214. The molecule has 2 heterocycles. The van der Waals surface area contributed by atoms with Crippen molar-refractivity contribution >= 4 is 34.4 Å².